The molecule has 0 aliphatic rings. The monoisotopic (exact) mass is 308 g/mol. The molecule has 0 radical (unpaired) electrons. The zero-order valence-corrected chi connectivity index (χ0v) is 11.7. The average molecular weight is 309 g/mol. The Kier molecular flexibility index (Phi) is 3.52. The Labute approximate surface area is 113 Å². The molecule has 94 valence electrons. The number of hydrogen-bond donors (Lipinski definition) is 1. The SMILES string of the molecule is Cc1c(CC(=O)O)nn(C)c1-c1cccc(Br)c1. The van der Waals surface area contributed by atoms with Crippen LogP contribution in [0.2, 0.25) is 0 Å². The molecule has 0 atom stereocenters. The highest BCUT2D eigenvalue weighted by molar-refractivity contribution is 9.10. The van der Waals surface area contributed by atoms with Gasteiger partial charge in [0.2, 0.25) is 0 Å². The predicted octanol–water partition coefficient (Wildman–Crippen LogP) is 2.79. The third-order valence-corrected chi connectivity index (χ3v) is 3.29. The molecule has 1 aromatic heterocycles. The van der Waals surface area contributed by atoms with Crippen molar-refractivity contribution in [2.24, 2.45) is 7.05 Å². The number of halogens is 1. The van der Waals surface area contributed by atoms with E-state index in [1.807, 2.05) is 38.2 Å². The highest BCUT2D eigenvalue weighted by Gasteiger charge is 2.16. The normalized spacial score (nSPS) is 10.6. The van der Waals surface area contributed by atoms with Crippen molar-refractivity contribution in [3.8, 4) is 11.3 Å². The summed E-state index contributed by atoms with van der Waals surface area (Å²) in [4.78, 5) is 10.8. The van der Waals surface area contributed by atoms with Crippen LogP contribution in [-0.2, 0) is 18.3 Å². The van der Waals surface area contributed by atoms with E-state index in [1.54, 1.807) is 4.68 Å². The van der Waals surface area contributed by atoms with Crippen molar-refractivity contribution >= 4 is 21.9 Å². The van der Waals surface area contributed by atoms with Crippen molar-refractivity contribution in [2.75, 3.05) is 0 Å². The maximum absolute atomic E-state index is 10.8. The number of carbonyl (C=O) groups is 1. The molecule has 2 aromatic rings. The first kappa shape index (κ1) is 12.8. The number of aromatic nitrogens is 2. The Morgan fingerprint density at radius 1 is 1.50 bits per heavy atom. The van der Waals surface area contributed by atoms with E-state index < -0.39 is 5.97 Å². The Bertz CT molecular complexity index is 605. The lowest BCUT2D eigenvalue weighted by Crippen LogP contribution is -2.02. The molecular formula is C13H13BrN2O2. The number of hydrogen-bond acceptors (Lipinski definition) is 2. The van der Waals surface area contributed by atoms with Gasteiger partial charge in [0.15, 0.2) is 0 Å². The van der Waals surface area contributed by atoms with Crippen LogP contribution in [0.3, 0.4) is 0 Å². The Hall–Kier alpha value is -1.62. The highest BCUT2D eigenvalue weighted by atomic mass is 79.9. The molecule has 0 saturated carbocycles. The topological polar surface area (TPSA) is 55.1 Å². The van der Waals surface area contributed by atoms with Crippen LogP contribution in [0, 0.1) is 6.92 Å². The molecule has 0 bridgehead atoms. The summed E-state index contributed by atoms with van der Waals surface area (Å²) in [6.07, 6.45) is -0.0479. The lowest BCUT2D eigenvalue weighted by Gasteiger charge is -2.04. The fourth-order valence-electron chi connectivity index (χ4n) is 2.04. The summed E-state index contributed by atoms with van der Waals surface area (Å²) < 4.78 is 2.72. The maximum atomic E-state index is 10.8. The smallest absolute Gasteiger partial charge is 0.309 e. The lowest BCUT2D eigenvalue weighted by atomic mass is 10.1. The fourth-order valence-corrected chi connectivity index (χ4v) is 2.43. The van der Waals surface area contributed by atoms with Crippen LogP contribution >= 0.6 is 15.9 Å². The Morgan fingerprint density at radius 2 is 2.22 bits per heavy atom. The second kappa shape index (κ2) is 4.94. The van der Waals surface area contributed by atoms with E-state index >= 15 is 0 Å². The first-order chi connectivity index (χ1) is 8.49. The van der Waals surface area contributed by atoms with Crippen LogP contribution in [0.1, 0.15) is 11.3 Å². The number of benzene rings is 1. The molecule has 0 aliphatic heterocycles. The number of carboxylic acids is 1. The molecule has 0 aliphatic carbocycles. The van der Waals surface area contributed by atoms with Gasteiger partial charge in [-0.3, -0.25) is 9.48 Å². The van der Waals surface area contributed by atoms with Crippen LogP contribution in [0.25, 0.3) is 11.3 Å². The minimum absolute atomic E-state index is 0.0479. The lowest BCUT2D eigenvalue weighted by molar-refractivity contribution is -0.136. The van der Waals surface area contributed by atoms with Gasteiger partial charge < -0.3 is 5.11 Å². The van der Waals surface area contributed by atoms with Gasteiger partial charge in [0, 0.05) is 17.1 Å². The largest absolute Gasteiger partial charge is 0.481 e. The van der Waals surface area contributed by atoms with Crippen molar-refractivity contribution in [1.82, 2.24) is 9.78 Å². The second-order valence-electron chi connectivity index (χ2n) is 4.12. The fraction of sp³-hybridized carbons (Fsp3) is 0.231. The summed E-state index contributed by atoms with van der Waals surface area (Å²) in [7, 11) is 1.83. The summed E-state index contributed by atoms with van der Waals surface area (Å²) in [5, 5.41) is 13.1. The van der Waals surface area contributed by atoms with Gasteiger partial charge in [0.1, 0.15) is 0 Å². The third kappa shape index (κ3) is 2.46. The van der Waals surface area contributed by atoms with Crippen LogP contribution in [-0.4, -0.2) is 20.9 Å². The van der Waals surface area contributed by atoms with Gasteiger partial charge in [0.25, 0.3) is 0 Å². The summed E-state index contributed by atoms with van der Waals surface area (Å²) in [5.74, 6) is -0.864. The van der Waals surface area contributed by atoms with Gasteiger partial charge in [-0.1, -0.05) is 28.1 Å². The molecular weight excluding hydrogens is 296 g/mol. The standard InChI is InChI=1S/C13H13BrN2O2/c1-8-11(7-12(17)18)15-16(2)13(8)9-4-3-5-10(14)6-9/h3-6H,7H2,1-2H3,(H,17,18). The van der Waals surface area contributed by atoms with E-state index in [0.29, 0.717) is 5.69 Å². The zero-order chi connectivity index (χ0) is 13.3. The first-order valence-electron chi connectivity index (χ1n) is 5.49. The van der Waals surface area contributed by atoms with Crippen LogP contribution in [0.15, 0.2) is 28.7 Å². The van der Waals surface area contributed by atoms with Gasteiger partial charge in [-0.2, -0.15) is 5.10 Å². The van der Waals surface area contributed by atoms with E-state index in [-0.39, 0.29) is 6.42 Å². The third-order valence-electron chi connectivity index (χ3n) is 2.80. The number of aryl methyl sites for hydroxylation is 1. The molecule has 0 spiro atoms. The number of carboxylic acid groups (broad SMARTS) is 1. The molecule has 0 fully saturated rings. The second-order valence-corrected chi connectivity index (χ2v) is 5.04. The summed E-state index contributed by atoms with van der Waals surface area (Å²) in [5.41, 5.74) is 3.50. The minimum atomic E-state index is -0.864. The van der Waals surface area contributed by atoms with Crippen molar-refractivity contribution in [1.29, 1.82) is 0 Å². The van der Waals surface area contributed by atoms with E-state index in [2.05, 4.69) is 21.0 Å². The Balaban J connectivity index is 2.51. The maximum Gasteiger partial charge on any atom is 0.309 e. The van der Waals surface area contributed by atoms with E-state index in [4.69, 9.17) is 5.11 Å². The van der Waals surface area contributed by atoms with Gasteiger partial charge >= 0.3 is 5.97 Å². The molecule has 1 aromatic carbocycles. The number of rotatable bonds is 3. The van der Waals surface area contributed by atoms with Crippen molar-refractivity contribution < 1.29 is 9.90 Å². The molecule has 1 heterocycles. The van der Waals surface area contributed by atoms with Crippen LogP contribution in [0.4, 0.5) is 0 Å². The Morgan fingerprint density at radius 3 is 2.83 bits per heavy atom. The summed E-state index contributed by atoms with van der Waals surface area (Å²) >= 11 is 3.43. The number of nitrogens with zero attached hydrogens (tertiary/aromatic N) is 2. The quantitative estimate of drug-likeness (QED) is 0.948. The predicted molar refractivity (Wildman–Crippen MR) is 72.4 cm³/mol. The van der Waals surface area contributed by atoms with Gasteiger partial charge in [-0.15, -0.1) is 0 Å². The van der Waals surface area contributed by atoms with E-state index in [9.17, 15) is 4.79 Å². The van der Waals surface area contributed by atoms with Gasteiger partial charge in [0.05, 0.1) is 17.8 Å². The van der Waals surface area contributed by atoms with Crippen molar-refractivity contribution in [3.63, 3.8) is 0 Å². The molecule has 18 heavy (non-hydrogen) atoms. The van der Waals surface area contributed by atoms with Crippen molar-refractivity contribution in [3.05, 3.63) is 40.0 Å². The molecule has 1 N–H and O–H groups in total. The molecule has 0 amide bonds. The van der Waals surface area contributed by atoms with Gasteiger partial charge in [-0.05, 0) is 24.6 Å². The highest BCUT2D eigenvalue weighted by Crippen LogP contribution is 2.27. The number of aliphatic carboxylic acids is 1. The molecule has 5 heteroatoms. The average Bonchev–Trinajstić information content (AvgIpc) is 2.53. The molecule has 0 unspecified atom stereocenters. The molecule has 0 saturated heterocycles. The van der Waals surface area contributed by atoms with E-state index in [0.717, 1.165) is 21.3 Å². The summed E-state index contributed by atoms with van der Waals surface area (Å²) in [6, 6.07) is 7.88. The van der Waals surface area contributed by atoms with Crippen LogP contribution < -0.4 is 0 Å². The molecule has 4 nitrogen and oxygen atoms in total. The van der Waals surface area contributed by atoms with E-state index in [1.165, 1.54) is 0 Å². The van der Waals surface area contributed by atoms with Crippen molar-refractivity contribution in [2.45, 2.75) is 13.3 Å². The zero-order valence-electron chi connectivity index (χ0n) is 10.1. The minimum Gasteiger partial charge on any atom is -0.481 e. The summed E-state index contributed by atoms with van der Waals surface area (Å²) in [6.45, 7) is 1.90. The first-order valence-corrected chi connectivity index (χ1v) is 6.28. The molecule has 2 rings (SSSR count). The van der Waals surface area contributed by atoms with Gasteiger partial charge in [-0.25, -0.2) is 0 Å². The van der Waals surface area contributed by atoms with Crippen LogP contribution in [0.5, 0.6) is 0 Å².